The normalized spacial score (nSPS) is 14.7. The summed E-state index contributed by atoms with van der Waals surface area (Å²) in [4.78, 5) is 29.2. The molecule has 42 heavy (non-hydrogen) atoms. The second-order valence-electron chi connectivity index (χ2n) is 10.6. The molecule has 10 heteroatoms. The molecule has 0 aliphatic heterocycles. The van der Waals surface area contributed by atoms with Gasteiger partial charge in [-0.25, -0.2) is 12.8 Å². The molecule has 1 saturated carbocycles. The maximum absolute atomic E-state index is 14.2. The van der Waals surface area contributed by atoms with Gasteiger partial charge in [-0.2, -0.15) is 0 Å². The molecule has 0 unspecified atom stereocenters. The average molecular weight is 614 g/mol. The van der Waals surface area contributed by atoms with Crippen molar-refractivity contribution < 1.29 is 22.4 Å². The molecule has 1 aliphatic carbocycles. The number of rotatable bonds is 11. The van der Waals surface area contributed by atoms with E-state index in [1.54, 1.807) is 18.2 Å². The summed E-state index contributed by atoms with van der Waals surface area (Å²) in [6.45, 7) is 3.26. The van der Waals surface area contributed by atoms with Crippen molar-refractivity contribution in [2.24, 2.45) is 0 Å². The van der Waals surface area contributed by atoms with Gasteiger partial charge in [0.2, 0.25) is 11.8 Å². The number of nitrogens with zero attached hydrogens (tertiary/aromatic N) is 2. The molecule has 2 amide bonds. The molecule has 3 aromatic rings. The number of aryl methyl sites for hydroxylation is 1. The molecule has 4 rings (SSSR count). The lowest BCUT2D eigenvalue weighted by Gasteiger charge is -2.34. The molecule has 0 radical (unpaired) electrons. The van der Waals surface area contributed by atoms with Crippen molar-refractivity contribution in [3.8, 4) is 0 Å². The highest BCUT2D eigenvalue weighted by Crippen LogP contribution is 2.29. The zero-order valence-corrected chi connectivity index (χ0v) is 25.5. The van der Waals surface area contributed by atoms with Gasteiger partial charge in [0, 0.05) is 12.6 Å². The number of hydrogen-bond donors (Lipinski definition) is 1. The summed E-state index contributed by atoms with van der Waals surface area (Å²) >= 11 is 6.04. The van der Waals surface area contributed by atoms with Crippen molar-refractivity contribution in [2.75, 3.05) is 10.8 Å². The third kappa shape index (κ3) is 7.50. The largest absolute Gasteiger partial charge is 0.352 e. The number of anilines is 1. The van der Waals surface area contributed by atoms with Gasteiger partial charge < -0.3 is 10.2 Å². The minimum absolute atomic E-state index is 0.0363. The number of halogens is 2. The van der Waals surface area contributed by atoms with Gasteiger partial charge in [-0.1, -0.05) is 80.3 Å². The number of nitrogens with one attached hydrogen (secondary N) is 1. The number of carbonyl (C=O) groups excluding carboxylic acids is 2. The Hall–Kier alpha value is -3.43. The molecule has 0 heterocycles. The Kier molecular flexibility index (Phi) is 10.6. The van der Waals surface area contributed by atoms with E-state index in [0.717, 1.165) is 53.6 Å². The molecular formula is C32H37ClFN3O4S. The van der Waals surface area contributed by atoms with Crippen molar-refractivity contribution >= 4 is 39.1 Å². The zero-order valence-electron chi connectivity index (χ0n) is 23.9. The first-order valence-corrected chi connectivity index (χ1v) is 16.1. The molecule has 1 atom stereocenters. The van der Waals surface area contributed by atoms with Crippen LogP contribution in [0.1, 0.15) is 56.6 Å². The minimum atomic E-state index is -4.26. The number of amides is 2. The molecule has 0 saturated heterocycles. The van der Waals surface area contributed by atoms with Crippen molar-refractivity contribution in [3.05, 3.63) is 94.8 Å². The fourth-order valence-corrected chi connectivity index (χ4v) is 6.93. The third-order valence-electron chi connectivity index (χ3n) is 7.74. The van der Waals surface area contributed by atoms with Crippen LogP contribution in [0.3, 0.4) is 0 Å². The third-order valence-corrected chi connectivity index (χ3v) is 9.82. The Bertz CT molecular complexity index is 1500. The SMILES string of the molecule is CC[C@@H](C(=O)NC1CCCCC1)N(Cc1ccccc1C)C(=O)CN(c1ccc(F)c(Cl)c1)S(=O)(=O)c1ccccc1. The lowest BCUT2D eigenvalue weighted by Crippen LogP contribution is -2.54. The second kappa shape index (κ2) is 14.2. The van der Waals surface area contributed by atoms with Gasteiger partial charge in [0.1, 0.15) is 18.4 Å². The van der Waals surface area contributed by atoms with Crippen molar-refractivity contribution in [3.63, 3.8) is 0 Å². The predicted molar refractivity (Wildman–Crippen MR) is 163 cm³/mol. The molecule has 0 spiro atoms. The first kappa shape index (κ1) is 31.5. The Morgan fingerprint density at radius 3 is 2.31 bits per heavy atom. The maximum atomic E-state index is 14.2. The summed E-state index contributed by atoms with van der Waals surface area (Å²) in [5.74, 6) is -1.53. The average Bonchev–Trinajstić information content (AvgIpc) is 2.99. The molecule has 0 aromatic heterocycles. The highest BCUT2D eigenvalue weighted by Gasteiger charge is 2.34. The number of benzene rings is 3. The fraction of sp³-hybridized carbons (Fsp3) is 0.375. The molecular weight excluding hydrogens is 577 g/mol. The van der Waals surface area contributed by atoms with Gasteiger partial charge in [-0.3, -0.25) is 13.9 Å². The molecule has 224 valence electrons. The predicted octanol–water partition coefficient (Wildman–Crippen LogP) is 6.24. The standard InChI is InChI=1S/C32H37ClFN3O4S/c1-3-30(32(39)35-25-14-6-4-7-15-25)36(21-24-13-11-10-12-23(24)2)31(38)22-37(26-18-19-29(34)28(33)20-26)42(40,41)27-16-8-5-9-17-27/h5,8-13,16-20,25,30H,3-4,6-7,14-15,21-22H2,1-2H3,(H,35,39)/t30-/m0/s1. The van der Waals surface area contributed by atoms with Crippen molar-refractivity contribution in [1.82, 2.24) is 10.2 Å². The van der Waals surface area contributed by atoms with E-state index in [-0.39, 0.29) is 34.1 Å². The number of hydrogen-bond acceptors (Lipinski definition) is 4. The Labute approximate surface area is 252 Å². The Balaban J connectivity index is 1.72. The summed E-state index contributed by atoms with van der Waals surface area (Å²) < 4.78 is 42.7. The quantitative estimate of drug-likeness (QED) is 0.277. The van der Waals surface area contributed by atoms with E-state index in [4.69, 9.17) is 11.6 Å². The number of carbonyl (C=O) groups is 2. The van der Waals surface area contributed by atoms with E-state index >= 15 is 0 Å². The lowest BCUT2D eigenvalue weighted by molar-refractivity contribution is -0.140. The molecule has 1 N–H and O–H groups in total. The van der Waals surface area contributed by atoms with Crippen molar-refractivity contribution in [1.29, 1.82) is 0 Å². The summed E-state index contributed by atoms with van der Waals surface area (Å²) in [5.41, 5.74) is 1.82. The molecule has 7 nitrogen and oxygen atoms in total. The van der Waals surface area contributed by atoms with E-state index in [1.807, 2.05) is 38.1 Å². The van der Waals surface area contributed by atoms with Gasteiger partial charge in [-0.05, 0) is 67.6 Å². The van der Waals surface area contributed by atoms with Crippen LogP contribution < -0.4 is 9.62 Å². The van der Waals surface area contributed by atoms with Gasteiger partial charge in [-0.15, -0.1) is 0 Å². The Morgan fingerprint density at radius 1 is 1.00 bits per heavy atom. The number of sulfonamides is 1. The van der Waals surface area contributed by atoms with Crippen molar-refractivity contribution in [2.45, 2.75) is 75.9 Å². The fourth-order valence-electron chi connectivity index (χ4n) is 5.32. The highest BCUT2D eigenvalue weighted by molar-refractivity contribution is 7.92. The monoisotopic (exact) mass is 613 g/mol. The van der Waals surface area contributed by atoms with Gasteiger partial charge in [0.25, 0.3) is 10.0 Å². The van der Waals surface area contributed by atoms with Gasteiger partial charge in [0.15, 0.2) is 0 Å². The van der Waals surface area contributed by atoms with E-state index in [9.17, 15) is 22.4 Å². The van der Waals surface area contributed by atoms with Crippen LogP contribution in [0.15, 0.2) is 77.7 Å². The molecule has 3 aromatic carbocycles. The second-order valence-corrected chi connectivity index (χ2v) is 12.9. The minimum Gasteiger partial charge on any atom is -0.352 e. The summed E-state index contributed by atoms with van der Waals surface area (Å²) in [6.07, 6.45) is 5.34. The zero-order chi connectivity index (χ0) is 30.3. The smallest absolute Gasteiger partial charge is 0.264 e. The Morgan fingerprint density at radius 2 is 1.67 bits per heavy atom. The molecule has 0 bridgehead atoms. The van der Waals surface area contributed by atoms with E-state index in [1.165, 1.54) is 29.2 Å². The first-order valence-electron chi connectivity index (χ1n) is 14.3. The summed E-state index contributed by atoms with van der Waals surface area (Å²) in [5, 5.41) is 2.86. The first-order chi connectivity index (χ1) is 20.1. The topological polar surface area (TPSA) is 86.8 Å². The van der Waals surface area contributed by atoms with E-state index in [2.05, 4.69) is 5.32 Å². The van der Waals surface area contributed by atoms with Crippen LogP contribution in [0.4, 0.5) is 10.1 Å². The van der Waals surface area contributed by atoms with Gasteiger partial charge in [0.05, 0.1) is 15.6 Å². The summed E-state index contributed by atoms with van der Waals surface area (Å²) in [6, 6.07) is 18.0. The van der Waals surface area contributed by atoms with Crippen LogP contribution in [0, 0.1) is 12.7 Å². The van der Waals surface area contributed by atoms with Crippen LogP contribution in [-0.2, 0) is 26.2 Å². The highest BCUT2D eigenvalue weighted by atomic mass is 35.5. The van der Waals surface area contributed by atoms with E-state index in [0.29, 0.717) is 6.42 Å². The van der Waals surface area contributed by atoms with Crippen LogP contribution >= 0.6 is 11.6 Å². The lowest BCUT2D eigenvalue weighted by atomic mass is 9.95. The molecule has 1 aliphatic rings. The van der Waals surface area contributed by atoms with Gasteiger partial charge >= 0.3 is 0 Å². The summed E-state index contributed by atoms with van der Waals surface area (Å²) in [7, 11) is -4.26. The van der Waals surface area contributed by atoms with Crippen LogP contribution in [0.25, 0.3) is 0 Å². The maximum Gasteiger partial charge on any atom is 0.264 e. The van der Waals surface area contributed by atoms with Crippen LogP contribution in [0.2, 0.25) is 5.02 Å². The van der Waals surface area contributed by atoms with E-state index < -0.39 is 34.3 Å². The molecule has 1 fully saturated rings. The van der Waals surface area contributed by atoms with Crippen LogP contribution in [-0.4, -0.2) is 43.8 Å². The van der Waals surface area contributed by atoms with Crippen LogP contribution in [0.5, 0.6) is 0 Å².